The van der Waals surface area contributed by atoms with E-state index < -0.39 is 0 Å². The van der Waals surface area contributed by atoms with Crippen LogP contribution in [0.25, 0.3) is 11.0 Å². The zero-order valence-corrected chi connectivity index (χ0v) is 15.5. The van der Waals surface area contributed by atoms with E-state index in [-0.39, 0.29) is 0 Å². The number of nitrogens with one attached hydrogen (secondary N) is 2. The van der Waals surface area contributed by atoms with Gasteiger partial charge in [0.2, 0.25) is 5.75 Å². The van der Waals surface area contributed by atoms with Crippen molar-refractivity contribution in [3.63, 3.8) is 0 Å². The average Bonchev–Trinajstić information content (AvgIpc) is 3.09. The predicted octanol–water partition coefficient (Wildman–Crippen LogP) is 3.31. The first-order chi connectivity index (χ1) is 12.7. The predicted molar refractivity (Wildman–Crippen MR) is 102 cm³/mol. The molecule has 0 unspecified atom stereocenters. The van der Waals surface area contributed by atoms with E-state index in [1.165, 1.54) is 0 Å². The van der Waals surface area contributed by atoms with Crippen molar-refractivity contribution in [2.24, 2.45) is 0 Å². The number of fused-ring (bicyclic) bond motifs is 1. The van der Waals surface area contributed by atoms with Gasteiger partial charge in [0.05, 0.1) is 32.4 Å². The molecule has 6 heteroatoms. The molecule has 138 valence electrons. The van der Waals surface area contributed by atoms with Crippen molar-refractivity contribution in [1.82, 2.24) is 15.3 Å². The van der Waals surface area contributed by atoms with Crippen LogP contribution in [0, 0.1) is 0 Å². The summed E-state index contributed by atoms with van der Waals surface area (Å²) in [6.07, 6.45) is 1.92. The molecule has 0 aliphatic heterocycles. The largest absolute Gasteiger partial charge is 0.493 e. The van der Waals surface area contributed by atoms with Gasteiger partial charge in [0.25, 0.3) is 0 Å². The number of aromatic nitrogens is 2. The molecule has 0 radical (unpaired) electrons. The lowest BCUT2D eigenvalue weighted by atomic mass is 10.1. The average molecular weight is 355 g/mol. The summed E-state index contributed by atoms with van der Waals surface area (Å²) >= 11 is 0. The van der Waals surface area contributed by atoms with Crippen LogP contribution in [0.5, 0.6) is 17.2 Å². The number of H-pyrrole nitrogens is 1. The van der Waals surface area contributed by atoms with Crippen molar-refractivity contribution in [3.05, 3.63) is 47.8 Å². The first-order valence-corrected chi connectivity index (χ1v) is 8.68. The van der Waals surface area contributed by atoms with Crippen molar-refractivity contribution in [2.45, 2.75) is 19.4 Å². The number of rotatable bonds is 9. The van der Waals surface area contributed by atoms with E-state index in [1.807, 2.05) is 30.3 Å². The van der Waals surface area contributed by atoms with Crippen molar-refractivity contribution in [2.75, 3.05) is 27.9 Å². The number of para-hydroxylation sites is 2. The van der Waals surface area contributed by atoms with Crippen LogP contribution in [-0.4, -0.2) is 37.8 Å². The summed E-state index contributed by atoms with van der Waals surface area (Å²) in [7, 11) is 4.86. The van der Waals surface area contributed by atoms with Crippen LogP contribution in [0.2, 0.25) is 0 Å². The summed E-state index contributed by atoms with van der Waals surface area (Å²) in [5, 5.41) is 3.45. The lowest BCUT2D eigenvalue weighted by molar-refractivity contribution is 0.323. The number of aryl methyl sites for hydroxylation is 1. The Kier molecular flexibility index (Phi) is 5.96. The molecule has 1 aromatic heterocycles. The van der Waals surface area contributed by atoms with E-state index in [2.05, 4.69) is 21.4 Å². The van der Waals surface area contributed by atoms with Gasteiger partial charge in [0.1, 0.15) is 5.82 Å². The number of benzene rings is 2. The van der Waals surface area contributed by atoms with Crippen molar-refractivity contribution in [3.8, 4) is 17.2 Å². The van der Waals surface area contributed by atoms with Gasteiger partial charge in [-0.15, -0.1) is 0 Å². The third kappa shape index (κ3) is 4.08. The quantitative estimate of drug-likeness (QED) is 0.577. The van der Waals surface area contributed by atoms with Crippen molar-refractivity contribution >= 4 is 11.0 Å². The van der Waals surface area contributed by atoms with E-state index in [1.54, 1.807) is 21.3 Å². The third-order valence-electron chi connectivity index (χ3n) is 4.26. The molecule has 26 heavy (non-hydrogen) atoms. The zero-order chi connectivity index (χ0) is 18.4. The first-order valence-electron chi connectivity index (χ1n) is 8.68. The summed E-state index contributed by atoms with van der Waals surface area (Å²) < 4.78 is 16.1. The lowest BCUT2D eigenvalue weighted by Crippen LogP contribution is -2.15. The number of hydrogen-bond acceptors (Lipinski definition) is 5. The Bertz CT molecular complexity index is 802. The van der Waals surface area contributed by atoms with Gasteiger partial charge >= 0.3 is 0 Å². The SMILES string of the molecule is COc1cc(CNCCCc2nc3ccccc3[nH]2)cc(OC)c1OC. The molecule has 3 rings (SSSR count). The van der Waals surface area contributed by atoms with Crippen LogP contribution in [0.15, 0.2) is 36.4 Å². The molecular weight excluding hydrogens is 330 g/mol. The minimum atomic E-state index is 0.614. The number of aromatic amines is 1. The van der Waals surface area contributed by atoms with E-state index in [4.69, 9.17) is 14.2 Å². The highest BCUT2D eigenvalue weighted by Crippen LogP contribution is 2.38. The highest BCUT2D eigenvalue weighted by atomic mass is 16.5. The number of ether oxygens (including phenoxy) is 3. The van der Waals surface area contributed by atoms with Gasteiger partial charge in [-0.2, -0.15) is 0 Å². The molecule has 6 nitrogen and oxygen atoms in total. The lowest BCUT2D eigenvalue weighted by Gasteiger charge is -2.14. The van der Waals surface area contributed by atoms with E-state index in [0.29, 0.717) is 17.2 Å². The summed E-state index contributed by atoms with van der Waals surface area (Å²) in [6, 6.07) is 12.0. The first kappa shape index (κ1) is 18.1. The topological polar surface area (TPSA) is 68.4 Å². The summed E-state index contributed by atoms with van der Waals surface area (Å²) in [5.41, 5.74) is 3.20. The van der Waals surface area contributed by atoms with Crippen LogP contribution in [0.3, 0.4) is 0 Å². The zero-order valence-electron chi connectivity index (χ0n) is 15.5. The Labute approximate surface area is 153 Å². The number of nitrogens with zero attached hydrogens (tertiary/aromatic N) is 1. The molecule has 0 saturated heterocycles. The Morgan fingerprint density at radius 3 is 2.38 bits per heavy atom. The third-order valence-corrected chi connectivity index (χ3v) is 4.26. The van der Waals surface area contributed by atoms with Gasteiger partial charge in [0.15, 0.2) is 11.5 Å². The van der Waals surface area contributed by atoms with Gasteiger partial charge in [0, 0.05) is 13.0 Å². The minimum absolute atomic E-state index is 0.614. The molecule has 0 fully saturated rings. The van der Waals surface area contributed by atoms with Crippen molar-refractivity contribution < 1.29 is 14.2 Å². The van der Waals surface area contributed by atoms with E-state index >= 15 is 0 Å². The fraction of sp³-hybridized carbons (Fsp3) is 0.350. The van der Waals surface area contributed by atoms with Gasteiger partial charge in [-0.05, 0) is 42.8 Å². The Morgan fingerprint density at radius 1 is 1.00 bits per heavy atom. The van der Waals surface area contributed by atoms with E-state index in [9.17, 15) is 0 Å². The fourth-order valence-electron chi connectivity index (χ4n) is 2.98. The second kappa shape index (κ2) is 8.58. The number of methoxy groups -OCH3 is 3. The number of hydrogen-bond donors (Lipinski definition) is 2. The molecule has 0 atom stereocenters. The van der Waals surface area contributed by atoms with Crippen molar-refractivity contribution in [1.29, 1.82) is 0 Å². The van der Waals surface area contributed by atoms with Gasteiger partial charge in [-0.25, -0.2) is 4.98 Å². The molecule has 2 N–H and O–H groups in total. The minimum Gasteiger partial charge on any atom is -0.493 e. The van der Waals surface area contributed by atoms with Crippen LogP contribution < -0.4 is 19.5 Å². The number of imidazole rings is 1. The van der Waals surface area contributed by atoms with Crippen LogP contribution in [0.1, 0.15) is 17.8 Å². The molecule has 0 bridgehead atoms. The monoisotopic (exact) mass is 355 g/mol. The molecule has 3 aromatic rings. The maximum Gasteiger partial charge on any atom is 0.203 e. The second-order valence-corrected chi connectivity index (χ2v) is 6.01. The Hall–Kier alpha value is -2.73. The second-order valence-electron chi connectivity index (χ2n) is 6.01. The van der Waals surface area contributed by atoms with Crippen LogP contribution >= 0.6 is 0 Å². The highest BCUT2D eigenvalue weighted by Gasteiger charge is 2.12. The molecule has 1 heterocycles. The fourth-order valence-corrected chi connectivity index (χ4v) is 2.98. The summed E-state index contributed by atoms with van der Waals surface area (Å²) in [4.78, 5) is 7.96. The summed E-state index contributed by atoms with van der Waals surface area (Å²) in [5.74, 6) is 2.99. The standard InChI is InChI=1S/C20H25N3O3/c1-24-17-11-14(12-18(25-2)20(17)26-3)13-21-10-6-9-19-22-15-7-4-5-8-16(15)23-19/h4-5,7-8,11-12,21H,6,9-10,13H2,1-3H3,(H,22,23). The molecule has 0 saturated carbocycles. The maximum atomic E-state index is 5.39. The van der Waals surface area contributed by atoms with Crippen LogP contribution in [0.4, 0.5) is 0 Å². The smallest absolute Gasteiger partial charge is 0.203 e. The highest BCUT2D eigenvalue weighted by molar-refractivity contribution is 5.74. The van der Waals surface area contributed by atoms with Crippen LogP contribution in [-0.2, 0) is 13.0 Å². The maximum absolute atomic E-state index is 5.39. The molecule has 0 amide bonds. The molecule has 0 aliphatic rings. The van der Waals surface area contributed by atoms with Gasteiger partial charge < -0.3 is 24.5 Å². The molecule has 0 aliphatic carbocycles. The Balaban J connectivity index is 1.51. The molecule has 0 spiro atoms. The Morgan fingerprint density at radius 2 is 1.73 bits per heavy atom. The van der Waals surface area contributed by atoms with E-state index in [0.717, 1.165) is 48.4 Å². The van der Waals surface area contributed by atoms with Gasteiger partial charge in [-0.1, -0.05) is 12.1 Å². The molecule has 2 aromatic carbocycles. The summed E-state index contributed by atoms with van der Waals surface area (Å²) in [6.45, 7) is 1.63. The molecular formula is C20H25N3O3. The van der Waals surface area contributed by atoms with Gasteiger partial charge in [-0.3, -0.25) is 0 Å². The normalized spacial score (nSPS) is 10.9.